The van der Waals surface area contributed by atoms with Crippen LogP contribution in [0.15, 0.2) is 65.5 Å². The van der Waals surface area contributed by atoms with Crippen LogP contribution in [0.25, 0.3) is 11.3 Å². The number of amides is 1. The van der Waals surface area contributed by atoms with Gasteiger partial charge in [-0.05, 0) is 35.4 Å². The Kier molecular flexibility index (Phi) is 6.64. The number of aliphatic hydroxyl groups excluding tert-OH is 1. The van der Waals surface area contributed by atoms with Gasteiger partial charge in [0, 0.05) is 50.3 Å². The van der Waals surface area contributed by atoms with Crippen LogP contribution in [0.4, 0.5) is 17.5 Å². The van der Waals surface area contributed by atoms with Gasteiger partial charge in [0.05, 0.1) is 25.0 Å². The van der Waals surface area contributed by atoms with Crippen LogP contribution in [0.3, 0.4) is 0 Å². The van der Waals surface area contributed by atoms with Gasteiger partial charge >= 0.3 is 0 Å². The Hall–Kier alpha value is -4.24. The van der Waals surface area contributed by atoms with E-state index in [-0.39, 0.29) is 12.5 Å². The van der Waals surface area contributed by atoms with Gasteiger partial charge in [-0.2, -0.15) is 4.98 Å². The molecule has 2 N–H and O–H groups in total. The van der Waals surface area contributed by atoms with E-state index >= 15 is 0 Å². The molecule has 0 saturated heterocycles. The van der Waals surface area contributed by atoms with Gasteiger partial charge in [-0.25, -0.2) is 9.97 Å². The van der Waals surface area contributed by atoms with Gasteiger partial charge in [-0.15, -0.1) is 0 Å². The minimum Gasteiger partial charge on any atom is -0.444 e. The molecule has 2 aromatic carbocycles. The summed E-state index contributed by atoms with van der Waals surface area (Å²) >= 11 is 0. The van der Waals surface area contributed by atoms with Gasteiger partial charge in [0.15, 0.2) is 12.2 Å². The molecule has 0 saturated carbocycles. The lowest BCUT2D eigenvalue weighted by atomic mass is 10.0. The normalized spacial score (nSPS) is 12.8. The molecule has 0 bridgehead atoms. The molecule has 1 aliphatic heterocycles. The Labute approximate surface area is 209 Å². The molecule has 0 spiro atoms. The lowest BCUT2D eigenvalue weighted by Crippen LogP contribution is -2.36. The molecule has 9 nitrogen and oxygen atoms in total. The van der Waals surface area contributed by atoms with E-state index in [4.69, 9.17) is 14.4 Å². The molecule has 184 valence electrons. The van der Waals surface area contributed by atoms with Crippen molar-refractivity contribution in [1.29, 1.82) is 0 Å². The molecule has 0 atom stereocenters. The Morgan fingerprint density at radius 1 is 1.14 bits per heavy atom. The van der Waals surface area contributed by atoms with E-state index in [9.17, 15) is 9.90 Å². The van der Waals surface area contributed by atoms with E-state index in [1.165, 1.54) is 6.39 Å². The second-order valence-corrected chi connectivity index (χ2v) is 8.84. The lowest BCUT2D eigenvalue weighted by Gasteiger charge is -2.31. The SMILES string of the molecule is CC(=O)N1CCc2nc(Nc3ccc(-c4cnco4)cc3)nc(N(C)Cc3ccccc3CO)c2C1. The van der Waals surface area contributed by atoms with Gasteiger partial charge in [0.25, 0.3) is 0 Å². The largest absolute Gasteiger partial charge is 0.444 e. The number of benzene rings is 2. The standard InChI is InChI=1S/C27H28N6O3/c1-18(35)33-12-11-24-23(15-33)26(32(2)14-20-5-3-4-6-21(20)16-34)31-27(30-24)29-22-9-7-19(8-10-22)25-13-28-17-36-25/h3-10,13,17,34H,11-12,14-16H2,1-2H3,(H,29,30,31). The lowest BCUT2D eigenvalue weighted by molar-refractivity contribution is -0.129. The van der Waals surface area contributed by atoms with Crippen LogP contribution in [-0.4, -0.2) is 44.5 Å². The zero-order valence-corrected chi connectivity index (χ0v) is 20.3. The first-order valence-electron chi connectivity index (χ1n) is 11.8. The smallest absolute Gasteiger partial charge is 0.229 e. The topological polar surface area (TPSA) is 108 Å². The fraction of sp³-hybridized carbons (Fsp3) is 0.259. The van der Waals surface area contributed by atoms with Crippen LogP contribution in [0.2, 0.25) is 0 Å². The number of oxazole rings is 1. The van der Waals surface area contributed by atoms with Gasteiger partial charge in [0.2, 0.25) is 11.9 Å². The van der Waals surface area contributed by atoms with E-state index in [0.717, 1.165) is 39.5 Å². The van der Waals surface area contributed by atoms with Gasteiger partial charge in [0.1, 0.15) is 5.82 Å². The third-order valence-electron chi connectivity index (χ3n) is 6.40. The molecule has 0 unspecified atom stereocenters. The number of nitrogens with zero attached hydrogens (tertiary/aromatic N) is 5. The molecular formula is C27H28N6O3. The minimum atomic E-state index is -0.0269. The van der Waals surface area contributed by atoms with Crippen LogP contribution in [0.5, 0.6) is 0 Å². The summed E-state index contributed by atoms with van der Waals surface area (Å²) in [6.07, 6.45) is 3.74. The van der Waals surface area contributed by atoms with Crippen molar-refractivity contribution in [3.05, 3.63) is 83.5 Å². The van der Waals surface area contributed by atoms with Gasteiger partial charge in [-0.3, -0.25) is 4.79 Å². The van der Waals surface area contributed by atoms with Gasteiger partial charge in [-0.1, -0.05) is 24.3 Å². The van der Waals surface area contributed by atoms with Crippen molar-refractivity contribution in [3.63, 3.8) is 0 Å². The van der Waals surface area contributed by atoms with E-state index in [0.29, 0.717) is 37.8 Å². The van der Waals surface area contributed by atoms with Crippen molar-refractivity contribution < 1.29 is 14.3 Å². The number of carbonyl (C=O) groups is 1. The van der Waals surface area contributed by atoms with Crippen molar-refractivity contribution in [1.82, 2.24) is 19.9 Å². The van der Waals surface area contributed by atoms with E-state index in [1.54, 1.807) is 13.1 Å². The highest BCUT2D eigenvalue weighted by molar-refractivity contribution is 5.74. The average molecular weight is 485 g/mol. The number of nitrogens with one attached hydrogen (secondary N) is 1. The monoisotopic (exact) mass is 484 g/mol. The quantitative estimate of drug-likeness (QED) is 0.407. The highest BCUT2D eigenvalue weighted by Gasteiger charge is 2.26. The molecule has 4 aromatic rings. The summed E-state index contributed by atoms with van der Waals surface area (Å²) in [5.41, 5.74) is 5.55. The maximum Gasteiger partial charge on any atom is 0.229 e. The molecule has 5 rings (SSSR count). The Balaban J connectivity index is 1.46. The summed E-state index contributed by atoms with van der Waals surface area (Å²) < 4.78 is 5.37. The van der Waals surface area contributed by atoms with Crippen LogP contribution >= 0.6 is 0 Å². The molecule has 1 amide bonds. The highest BCUT2D eigenvalue weighted by Crippen LogP contribution is 2.30. The van der Waals surface area contributed by atoms with Gasteiger partial charge < -0.3 is 24.6 Å². The third-order valence-corrected chi connectivity index (χ3v) is 6.40. The minimum absolute atomic E-state index is 0.0269. The third kappa shape index (κ3) is 4.92. The Morgan fingerprint density at radius 2 is 1.92 bits per heavy atom. The maximum absolute atomic E-state index is 12.1. The highest BCUT2D eigenvalue weighted by atomic mass is 16.3. The van der Waals surface area contributed by atoms with Crippen molar-refractivity contribution in [3.8, 4) is 11.3 Å². The van der Waals surface area contributed by atoms with Crippen LogP contribution in [0.1, 0.15) is 29.3 Å². The number of fused-ring (bicyclic) bond motifs is 1. The predicted octanol–water partition coefficient (Wildman–Crippen LogP) is 3.91. The molecule has 0 fully saturated rings. The van der Waals surface area contributed by atoms with Crippen molar-refractivity contribution in [2.75, 3.05) is 23.8 Å². The molecule has 2 aromatic heterocycles. The second-order valence-electron chi connectivity index (χ2n) is 8.84. The number of hydrogen-bond acceptors (Lipinski definition) is 8. The first kappa shape index (κ1) is 23.5. The summed E-state index contributed by atoms with van der Waals surface area (Å²) in [5.74, 6) is 2.00. The van der Waals surface area contributed by atoms with E-state index < -0.39 is 0 Å². The van der Waals surface area contributed by atoms with Crippen LogP contribution in [0, 0.1) is 0 Å². The summed E-state index contributed by atoms with van der Waals surface area (Å²) in [7, 11) is 1.97. The van der Waals surface area contributed by atoms with E-state index in [1.807, 2.05) is 60.5 Å². The number of hydrogen-bond donors (Lipinski definition) is 2. The number of carbonyl (C=O) groups excluding carboxylic acids is 1. The summed E-state index contributed by atoms with van der Waals surface area (Å²) in [6.45, 7) is 3.22. The maximum atomic E-state index is 12.1. The summed E-state index contributed by atoms with van der Waals surface area (Å²) in [5, 5.41) is 13.1. The molecule has 1 aliphatic rings. The number of rotatable bonds is 7. The fourth-order valence-electron chi connectivity index (χ4n) is 4.44. The first-order chi connectivity index (χ1) is 17.5. The molecular weight excluding hydrogens is 456 g/mol. The molecule has 0 aliphatic carbocycles. The predicted molar refractivity (Wildman–Crippen MR) is 137 cm³/mol. The molecule has 0 radical (unpaired) electrons. The zero-order valence-electron chi connectivity index (χ0n) is 20.3. The fourth-order valence-corrected chi connectivity index (χ4v) is 4.44. The Bertz CT molecular complexity index is 1350. The number of aliphatic hydroxyl groups is 1. The zero-order chi connectivity index (χ0) is 25.1. The van der Waals surface area contributed by atoms with Crippen LogP contribution in [-0.2, 0) is 30.9 Å². The Morgan fingerprint density at radius 3 is 2.61 bits per heavy atom. The van der Waals surface area contributed by atoms with E-state index in [2.05, 4.69) is 15.2 Å². The second kappa shape index (κ2) is 10.2. The molecule has 3 heterocycles. The molecule has 36 heavy (non-hydrogen) atoms. The van der Waals surface area contributed by atoms with Crippen molar-refractivity contribution in [2.24, 2.45) is 0 Å². The number of anilines is 3. The average Bonchev–Trinajstić information content (AvgIpc) is 3.44. The first-order valence-corrected chi connectivity index (χ1v) is 11.8. The summed E-state index contributed by atoms with van der Waals surface area (Å²) in [4.78, 5) is 29.6. The summed E-state index contributed by atoms with van der Waals surface area (Å²) in [6, 6.07) is 15.6. The van der Waals surface area contributed by atoms with Crippen molar-refractivity contribution in [2.45, 2.75) is 33.0 Å². The van der Waals surface area contributed by atoms with Crippen molar-refractivity contribution >= 4 is 23.4 Å². The van der Waals surface area contributed by atoms with Crippen LogP contribution < -0.4 is 10.2 Å². The molecule has 9 heteroatoms. The number of aromatic nitrogens is 3.